The van der Waals surface area contributed by atoms with Crippen LogP contribution in [0.25, 0.3) is 0 Å². The number of halogens is 1. The second kappa shape index (κ2) is 9.68. The fraction of sp³-hybridized carbons (Fsp3) is 0.680. The number of rotatable bonds is 5. The Morgan fingerprint density at radius 2 is 1.77 bits per heavy atom. The molecule has 2 unspecified atom stereocenters. The van der Waals surface area contributed by atoms with Crippen LogP contribution in [-0.4, -0.2) is 49.6 Å². The Hall–Kier alpha value is -1.95. The van der Waals surface area contributed by atoms with Crippen LogP contribution in [0.4, 0.5) is 4.39 Å². The highest BCUT2D eigenvalue weighted by atomic mass is 19.1. The fourth-order valence-corrected chi connectivity index (χ4v) is 6.07. The van der Waals surface area contributed by atoms with Gasteiger partial charge >= 0.3 is 5.97 Å². The second-order valence-electron chi connectivity index (χ2n) is 9.46. The van der Waals surface area contributed by atoms with E-state index in [4.69, 9.17) is 4.74 Å². The summed E-state index contributed by atoms with van der Waals surface area (Å²) in [4.78, 5) is 28.4. The van der Waals surface area contributed by atoms with Crippen molar-refractivity contribution in [3.8, 4) is 0 Å². The summed E-state index contributed by atoms with van der Waals surface area (Å²) in [6, 6.07) is 6.51. The molecule has 4 rings (SSSR count). The van der Waals surface area contributed by atoms with Crippen molar-refractivity contribution in [2.45, 2.75) is 57.8 Å². The molecule has 170 valence electrons. The average molecular weight is 431 g/mol. The van der Waals surface area contributed by atoms with Crippen LogP contribution in [0.3, 0.4) is 0 Å². The average Bonchev–Trinajstić information content (AvgIpc) is 3.30. The number of likely N-dealkylation sites (tertiary alicyclic amines) is 1. The molecule has 1 N–H and O–H groups in total. The first-order valence-corrected chi connectivity index (χ1v) is 12.0. The zero-order chi connectivity index (χ0) is 21.8. The van der Waals surface area contributed by atoms with Crippen LogP contribution in [0.5, 0.6) is 0 Å². The Balaban J connectivity index is 1.45. The smallest absolute Gasteiger partial charge is 0.312 e. The summed E-state index contributed by atoms with van der Waals surface area (Å²) in [7, 11) is 0. The highest BCUT2D eigenvalue weighted by Crippen LogP contribution is 2.47. The molecule has 2 saturated heterocycles. The van der Waals surface area contributed by atoms with Gasteiger partial charge in [0.1, 0.15) is 5.82 Å². The van der Waals surface area contributed by atoms with Gasteiger partial charge in [0.15, 0.2) is 0 Å². The highest BCUT2D eigenvalue weighted by molar-refractivity contribution is 5.82. The monoisotopic (exact) mass is 430 g/mol. The van der Waals surface area contributed by atoms with Crippen LogP contribution in [0.1, 0.15) is 63.4 Å². The number of nitrogens with zero attached hydrogens (tertiary/aromatic N) is 1. The summed E-state index contributed by atoms with van der Waals surface area (Å²) in [6.45, 7) is 4.87. The maximum Gasteiger partial charge on any atom is 0.312 e. The Kier molecular flexibility index (Phi) is 6.95. The lowest BCUT2D eigenvalue weighted by Gasteiger charge is -2.46. The summed E-state index contributed by atoms with van der Waals surface area (Å²) in [5.41, 5.74) is 0.571. The lowest BCUT2D eigenvalue weighted by Crippen LogP contribution is -2.52. The van der Waals surface area contributed by atoms with Gasteiger partial charge in [-0.15, -0.1) is 0 Å². The van der Waals surface area contributed by atoms with Gasteiger partial charge in [-0.25, -0.2) is 4.39 Å². The molecule has 0 radical (unpaired) electrons. The quantitative estimate of drug-likeness (QED) is 0.721. The van der Waals surface area contributed by atoms with Gasteiger partial charge in [0, 0.05) is 32.1 Å². The van der Waals surface area contributed by atoms with Gasteiger partial charge in [-0.1, -0.05) is 31.4 Å². The normalized spacial score (nSPS) is 26.6. The van der Waals surface area contributed by atoms with E-state index in [9.17, 15) is 14.0 Å². The summed E-state index contributed by atoms with van der Waals surface area (Å²) in [5.74, 6) is 0.129. The minimum absolute atomic E-state index is 0.0549. The number of nitrogens with one attached hydrogen (secondary N) is 1. The van der Waals surface area contributed by atoms with Crippen LogP contribution in [0.15, 0.2) is 24.3 Å². The number of hydrogen-bond acceptors (Lipinski definition) is 4. The van der Waals surface area contributed by atoms with Crippen molar-refractivity contribution in [2.75, 3.05) is 32.8 Å². The third-order valence-corrected chi connectivity index (χ3v) is 7.87. The Morgan fingerprint density at radius 1 is 1.10 bits per heavy atom. The van der Waals surface area contributed by atoms with E-state index in [0.717, 1.165) is 24.9 Å². The third kappa shape index (κ3) is 4.50. The summed E-state index contributed by atoms with van der Waals surface area (Å²) in [5, 5.41) is 3.34. The van der Waals surface area contributed by atoms with Crippen molar-refractivity contribution in [3.05, 3.63) is 35.6 Å². The van der Waals surface area contributed by atoms with Crippen molar-refractivity contribution < 1.29 is 18.7 Å². The number of carbonyl (C=O) groups excluding carboxylic acids is 2. The molecule has 1 saturated carbocycles. The Bertz CT molecular complexity index is 767. The molecule has 3 fully saturated rings. The topological polar surface area (TPSA) is 58.6 Å². The van der Waals surface area contributed by atoms with Crippen LogP contribution < -0.4 is 5.32 Å². The molecule has 1 amide bonds. The SMILES string of the molecule is CCOC(=O)C1(C2CCCCC2)CCN(C(=O)C2CNCC2c2ccc(F)cc2)CC1. The first-order chi connectivity index (χ1) is 15.0. The predicted molar refractivity (Wildman–Crippen MR) is 117 cm³/mol. The van der Waals surface area contributed by atoms with E-state index in [1.165, 1.54) is 31.4 Å². The molecule has 2 atom stereocenters. The standard InChI is InChI=1S/C25H35FN2O3/c1-2-31-24(30)25(19-6-4-3-5-7-19)12-14-28(15-13-25)23(29)22-17-27-16-21(22)18-8-10-20(26)11-9-18/h8-11,19,21-22,27H,2-7,12-17H2,1H3. The Morgan fingerprint density at radius 3 is 2.42 bits per heavy atom. The van der Waals surface area contributed by atoms with E-state index in [1.807, 2.05) is 11.8 Å². The molecular formula is C25H35FN2O3. The van der Waals surface area contributed by atoms with Crippen molar-refractivity contribution >= 4 is 11.9 Å². The minimum Gasteiger partial charge on any atom is -0.466 e. The number of piperidine rings is 1. The summed E-state index contributed by atoms with van der Waals surface area (Å²) in [6.07, 6.45) is 7.19. The van der Waals surface area contributed by atoms with Crippen LogP contribution >= 0.6 is 0 Å². The zero-order valence-electron chi connectivity index (χ0n) is 18.6. The largest absolute Gasteiger partial charge is 0.466 e. The fourth-order valence-electron chi connectivity index (χ4n) is 6.07. The maximum atomic E-state index is 13.4. The molecule has 31 heavy (non-hydrogen) atoms. The molecule has 0 aromatic heterocycles. The van der Waals surface area contributed by atoms with Gasteiger partial charge in [0.25, 0.3) is 0 Å². The van der Waals surface area contributed by atoms with Gasteiger partial charge in [-0.05, 0) is 56.2 Å². The molecule has 0 spiro atoms. The number of carbonyl (C=O) groups is 2. The maximum absolute atomic E-state index is 13.4. The van der Waals surface area contributed by atoms with Crippen LogP contribution in [-0.2, 0) is 14.3 Å². The second-order valence-corrected chi connectivity index (χ2v) is 9.46. The first kappa shape index (κ1) is 22.3. The van der Waals surface area contributed by atoms with Crippen molar-refractivity contribution in [1.82, 2.24) is 10.2 Å². The van der Waals surface area contributed by atoms with Gasteiger partial charge < -0.3 is 15.0 Å². The van der Waals surface area contributed by atoms with Gasteiger partial charge in [0.2, 0.25) is 5.91 Å². The molecule has 2 aliphatic heterocycles. The van der Waals surface area contributed by atoms with Gasteiger partial charge in [0.05, 0.1) is 17.9 Å². The van der Waals surface area contributed by atoms with E-state index in [2.05, 4.69) is 5.32 Å². The van der Waals surface area contributed by atoms with Gasteiger partial charge in [-0.3, -0.25) is 9.59 Å². The van der Waals surface area contributed by atoms with Crippen LogP contribution in [0, 0.1) is 23.1 Å². The molecule has 1 aliphatic carbocycles. The van der Waals surface area contributed by atoms with Gasteiger partial charge in [-0.2, -0.15) is 0 Å². The number of ether oxygens (including phenoxy) is 1. The molecule has 2 heterocycles. The number of esters is 1. The van der Waals surface area contributed by atoms with Crippen molar-refractivity contribution in [3.63, 3.8) is 0 Å². The van der Waals surface area contributed by atoms with E-state index < -0.39 is 5.41 Å². The molecule has 0 bridgehead atoms. The molecule has 3 aliphatic rings. The zero-order valence-corrected chi connectivity index (χ0v) is 18.6. The molecule has 6 heteroatoms. The van der Waals surface area contributed by atoms with Crippen molar-refractivity contribution in [2.24, 2.45) is 17.3 Å². The van der Waals surface area contributed by atoms with E-state index in [1.54, 1.807) is 12.1 Å². The third-order valence-electron chi connectivity index (χ3n) is 7.87. The molecule has 1 aromatic rings. The predicted octanol–water partition coefficient (Wildman–Crippen LogP) is 3.88. The number of amides is 1. The molecule has 1 aromatic carbocycles. The highest BCUT2D eigenvalue weighted by Gasteiger charge is 2.50. The lowest BCUT2D eigenvalue weighted by molar-refractivity contribution is -0.166. The minimum atomic E-state index is -0.433. The number of hydrogen-bond donors (Lipinski definition) is 1. The van der Waals surface area contributed by atoms with E-state index in [-0.39, 0.29) is 29.5 Å². The summed E-state index contributed by atoms with van der Waals surface area (Å²) < 4.78 is 18.9. The van der Waals surface area contributed by atoms with E-state index in [0.29, 0.717) is 45.0 Å². The lowest BCUT2D eigenvalue weighted by atomic mass is 9.63. The molecule has 5 nitrogen and oxygen atoms in total. The molecular weight excluding hydrogens is 395 g/mol. The number of benzene rings is 1. The first-order valence-electron chi connectivity index (χ1n) is 12.0. The van der Waals surface area contributed by atoms with E-state index >= 15 is 0 Å². The summed E-state index contributed by atoms with van der Waals surface area (Å²) >= 11 is 0. The Labute approximate surface area is 184 Å². The van der Waals surface area contributed by atoms with Crippen molar-refractivity contribution in [1.29, 1.82) is 0 Å². The van der Waals surface area contributed by atoms with Crippen LogP contribution in [0.2, 0.25) is 0 Å².